The minimum atomic E-state index is -0.0468. The Morgan fingerprint density at radius 1 is 1.04 bits per heavy atom. The van der Waals surface area contributed by atoms with E-state index in [2.05, 4.69) is 11.9 Å². The maximum atomic E-state index is 11.9. The summed E-state index contributed by atoms with van der Waals surface area (Å²) in [6, 6.07) is 14.4. The van der Waals surface area contributed by atoms with E-state index < -0.39 is 0 Å². The molecule has 0 aliphatic rings. The molecule has 4 nitrogen and oxygen atoms in total. The zero-order valence-electron chi connectivity index (χ0n) is 13.3. The molecule has 2 aromatic carbocycles. The Morgan fingerprint density at radius 2 is 1.67 bits per heavy atom. The summed E-state index contributed by atoms with van der Waals surface area (Å²) in [5.41, 5.74) is 0.740. The summed E-state index contributed by atoms with van der Waals surface area (Å²) in [5.74, 6) is 1.44. The van der Waals surface area contributed by atoms with Gasteiger partial charge in [-0.2, -0.15) is 0 Å². The molecule has 2 aromatic rings. The first-order valence-electron chi connectivity index (χ1n) is 7.69. The van der Waals surface area contributed by atoms with Crippen LogP contribution in [0.2, 0.25) is 5.02 Å². The van der Waals surface area contributed by atoms with E-state index in [1.807, 2.05) is 12.1 Å². The van der Waals surface area contributed by atoms with E-state index in [0.29, 0.717) is 31.1 Å². The quantitative estimate of drug-likeness (QED) is 0.529. The van der Waals surface area contributed by atoms with Gasteiger partial charge in [0.05, 0.1) is 6.61 Å². The summed E-state index contributed by atoms with van der Waals surface area (Å²) in [6.45, 7) is 4.53. The number of ether oxygens (including phenoxy) is 2. The minimum absolute atomic E-state index is 0.0468. The third-order valence-electron chi connectivity index (χ3n) is 3.14. The Kier molecular flexibility index (Phi) is 7.18. The van der Waals surface area contributed by atoms with Crippen molar-refractivity contribution < 1.29 is 14.3 Å². The highest BCUT2D eigenvalue weighted by molar-refractivity contribution is 6.30. The molecule has 0 spiro atoms. The largest absolute Gasteiger partial charge is 0.494 e. The lowest BCUT2D eigenvalue weighted by Crippen LogP contribution is -2.12. The molecule has 2 rings (SSSR count). The molecule has 0 aromatic heterocycles. The van der Waals surface area contributed by atoms with Crippen LogP contribution in [-0.4, -0.2) is 19.1 Å². The number of nitrogens with one attached hydrogen (secondary N) is 1. The van der Waals surface area contributed by atoms with Gasteiger partial charge in [-0.1, -0.05) is 24.3 Å². The maximum absolute atomic E-state index is 11.9. The van der Waals surface area contributed by atoms with Crippen LogP contribution < -0.4 is 14.8 Å². The Hall–Kier alpha value is -2.46. The van der Waals surface area contributed by atoms with E-state index in [1.54, 1.807) is 42.5 Å². The molecule has 0 aliphatic carbocycles. The highest BCUT2D eigenvalue weighted by atomic mass is 35.5. The second-order valence-electron chi connectivity index (χ2n) is 5.08. The van der Waals surface area contributed by atoms with Crippen LogP contribution in [0.4, 0.5) is 5.69 Å². The topological polar surface area (TPSA) is 47.6 Å². The number of hydrogen-bond donors (Lipinski definition) is 1. The van der Waals surface area contributed by atoms with Crippen molar-refractivity contribution in [2.45, 2.75) is 12.8 Å². The first kappa shape index (κ1) is 17.9. The molecular weight excluding hydrogens is 326 g/mol. The van der Waals surface area contributed by atoms with Crippen molar-refractivity contribution in [3.63, 3.8) is 0 Å². The molecule has 0 saturated carbocycles. The molecule has 0 bridgehead atoms. The summed E-state index contributed by atoms with van der Waals surface area (Å²) in [6.07, 6.45) is 2.71. The van der Waals surface area contributed by atoms with Crippen LogP contribution in [0.5, 0.6) is 11.5 Å². The average Bonchev–Trinajstić information content (AvgIpc) is 2.60. The van der Waals surface area contributed by atoms with E-state index in [-0.39, 0.29) is 5.91 Å². The Bertz CT molecular complexity index is 653. The summed E-state index contributed by atoms with van der Waals surface area (Å²) >= 11 is 5.81. The average molecular weight is 346 g/mol. The SMILES string of the molecule is C=CCOc1ccc(NC(=O)CCCOc2ccc(Cl)cc2)cc1. The summed E-state index contributed by atoms with van der Waals surface area (Å²) in [4.78, 5) is 11.9. The van der Waals surface area contributed by atoms with Crippen LogP contribution >= 0.6 is 11.6 Å². The summed E-state index contributed by atoms with van der Waals surface area (Å²) in [7, 11) is 0. The molecule has 0 saturated heterocycles. The zero-order valence-corrected chi connectivity index (χ0v) is 14.1. The molecule has 0 heterocycles. The lowest BCUT2D eigenvalue weighted by Gasteiger charge is -2.08. The predicted octanol–water partition coefficient (Wildman–Crippen LogP) is 4.70. The van der Waals surface area contributed by atoms with Crippen LogP contribution in [0.3, 0.4) is 0 Å². The van der Waals surface area contributed by atoms with E-state index in [1.165, 1.54) is 0 Å². The number of anilines is 1. The van der Waals surface area contributed by atoms with Gasteiger partial charge in [-0.05, 0) is 55.0 Å². The second-order valence-corrected chi connectivity index (χ2v) is 5.51. The standard InChI is InChI=1S/C19H20ClNO3/c1-2-13-23-18-11-7-16(8-12-18)21-19(22)4-3-14-24-17-9-5-15(20)6-10-17/h2,5-12H,1,3-4,13-14H2,(H,21,22). The van der Waals surface area contributed by atoms with Gasteiger partial charge in [0.1, 0.15) is 18.1 Å². The molecule has 126 valence electrons. The molecule has 24 heavy (non-hydrogen) atoms. The number of halogens is 1. The van der Waals surface area contributed by atoms with Gasteiger partial charge >= 0.3 is 0 Å². The summed E-state index contributed by atoms with van der Waals surface area (Å²) < 4.78 is 10.9. The van der Waals surface area contributed by atoms with Gasteiger partial charge in [0.2, 0.25) is 5.91 Å². The van der Waals surface area contributed by atoms with Crippen molar-refractivity contribution in [2.75, 3.05) is 18.5 Å². The van der Waals surface area contributed by atoms with Gasteiger partial charge in [-0.15, -0.1) is 0 Å². The van der Waals surface area contributed by atoms with Crippen LogP contribution in [0.15, 0.2) is 61.2 Å². The Labute approximate surface area is 147 Å². The lowest BCUT2D eigenvalue weighted by atomic mass is 10.2. The van der Waals surface area contributed by atoms with Crippen molar-refractivity contribution in [3.05, 3.63) is 66.2 Å². The van der Waals surface area contributed by atoms with Crippen LogP contribution in [0.25, 0.3) is 0 Å². The van der Waals surface area contributed by atoms with E-state index in [9.17, 15) is 4.79 Å². The minimum Gasteiger partial charge on any atom is -0.494 e. The van der Waals surface area contributed by atoms with Gasteiger partial charge in [-0.25, -0.2) is 0 Å². The monoisotopic (exact) mass is 345 g/mol. The smallest absolute Gasteiger partial charge is 0.224 e. The van der Waals surface area contributed by atoms with Crippen LogP contribution in [-0.2, 0) is 4.79 Å². The lowest BCUT2D eigenvalue weighted by molar-refractivity contribution is -0.116. The molecular formula is C19H20ClNO3. The molecule has 1 amide bonds. The van der Waals surface area contributed by atoms with Gasteiger partial charge in [-0.3, -0.25) is 4.79 Å². The van der Waals surface area contributed by atoms with Crippen molar-refractivity contribution in [2.24, 2.45) is 0 Å². The van der Waals surface area contributed by atoms with Crippen molar-refractivity contribution in [1.82, 2.24) is 0 Å². The first-order chi connectivity index (χ1) is 11.7. The predicted molar refractivity (Wildman–Crippen MR) is 96.9 cm³/mol. The molecule has 0 atom stereocenters. The number of benzene rings is 2. The normalized spacial score (nSPS) is 10.0. The van der Waals surface area contributed by atoms with Crippen molar-refractivity contribution in [1.29, 1.82) is 0 Å². The number of amides is 1. The number of hydrogen-bond acceptors (Lipinski definition) is 3. The fourth-order valence-electron chi connectivity index (χ4n) is 1.97. The molecule has 0 aliphatic heterocycles. The highest BCUT2D eigenvalue weighted by Crippen LogP contribution is 2.17. The molecule has 0 fully saturated rings. The van der Waals surface area contributed by atoms with E-state index in [4.69, 9.17) is 21.1 Å². The van der Waals surface area contributed by atoms with E-state index >= 15 is 0 Å². The maximum Gasteiger partial charge on any atom is 0.224 e. The Balaban J connectivity index is 1.67. The van der Waals surface area contributed by atoms with Crippen molar-refractivity contribution in [3.8, 4) is 11.5 Å². The van der Waals surface area contributed by atoms with Crippen LogP contribution in [0, 0.1) is 0 Å². The van der Waals surface area contributed by atoms with Gasteiger partial charge in [0, 0.05) is 17.1 Å². The number of rotatable bonds is 9. The number of carbonyl (C=O) groups is 1. The fraction of sp³-hybridized carbons (Fsp3) is 0.211. The van der Waals surface area contributed by atoms with Gasteiger partial charge in [0.25, 0.3) is 0 Å². The second kappa shape index (κ2) is 9.63. The van der Waals surface area contributed by atoms with Gasteiger partial charge < -0.3 is 14.8 Å². The summed E-state index contributed by atoms with van der Waals surface area (Å²) in [5, 5.41) is 3.51. The highest BCUT2D eigenvalue weighted by Gasteiger charge is 2.03. The van der Waals surface area contributed by atoms with Crippen molar-refractivity contribution >= 4 is 23.2 Å². The Morgan fingerprint density at radius 3 is 2.33 bits per heavy atom. The molecule has 0 radical (unpaired) electrons. The number of carbonyl (C=O) groups excluding carboxylic acids is 1. The zero-order chi connectivity index (χ0) is 17.2. The molecule has 0 unspecified atom stereocenters. The van der Waals surface area contributed by atoms with E-state index in [0.717, 1.165) is 17.2 Å². The molecule has 1 N–H and O–H groups in total. The molecule has 5 heteroatoms. The van der Waals surface area contributed by atoms with Gasteiger partial charge in [0.15, 0.2) is 0 Å². The first-order valence-corrected chi connectivity index (χ1v) is 8.07. The third-order valence-corrected chi connectivity index (χ3v) is 3.39. The van der Waals surface area contributed by atoms with Crippen LogP contribution in [0.1, 0.15) is 12.8 Å². The fourth-order valence-corrected chi connectivity index (χ4v) is 2.09. The third kappa shape index (κ3) is 6.34.